The number of methoxy groups -OCH3 is 1. The molecule has 1 unspecified atom stereocenters. The minimum Gasteiger partial charge on any atom is -0.477 e. The second kappa shape index (κ2) is 7.57. The third-order valence-electron chi connectivity index (χ3n) is 4.65. The molecule has 3 heterocycles. The van der Waals surface area contributed by atoms with Gasteiger partial charge in [0.05, 0.1) is 13.7 Å². The van der Waals surface area contributed by atoms with E-state index in [1.165, 1.54) is 7.11 Å². The third-order valence-corrected chi connectivity index (χ3v) is 4.65. The number of likely N-dealkylation sites (tertiary alicyclic amines) is 1. The lowest BCUT2D eigenvalue weighted by atomic mass is 10.1. The molecule has 1 saturated heterocycles. The van der Waals surface area contributed by atoms with Crippen molar-refractivity contribution in [2.45, 2.75) is 18.9 Å². The maximum Gasteiger partial charge on any atom is 0.278 e. The van der Waals surface area contributed by atoms with E-state index in [-0.39, 0.29) is 12.0 Å². The number of hydrogen-bond donors (Lipinski definition) is 0. The molecule has 3 aromatic rings. The fourth-order valence-corrected chi connectivity index (χ4v) is 3.35. The van der Waals surface area contributed by atoms with Crippen LogP contribution >= 0.6 is 0 Å². The fourth-order valence-electron chi connectivity index (χ4n) is 3.35. The molecule has 1 aliphatic rings. The van der Waals surface area contributed by atoms with Crippen molar-refractivity contribution in [3.8, 4) is 11.8 Å². The standard InChI is InChI=1S/C20H20N4O3/c1-26-18-19(23-11-10-22-18)27-15-6-4-12-24(13-15)20(25)17-16-7-3-2-5-14(16)8-9-21-17/h2-3,5,7-11,15H,4,6,12-13H2,1H3. The van der Waals surface area contributed by atoms with Gasteiger partial charge in [-0.25, -0.2) is 9.97 Å². The summed E-state index contributed by atoms with van der Waals surface area (Å²) in [6.07, 6.45) is 6.31. The number of amides is 1. The summed E-state index contributed by atoms with van der Waals surface area (Å²) in [6, 6.07) is 9.70. The molecule has 1 atom stereocenters. The largest absolute Gasteiger partial charge is 0.477 e. The first-order valence-electron chi connectivity index (χ1n) is 8.91. The summed E-state index contributed by atoms with van der Waals surface area (Å²) in [7, 11) is 1.53. The first-order valence-corrected chi connectivity index (χ1v) is 8.91. The van der Waals surface area contributed by atoms with Crippen LogP contribution in [0.1, 0.15) is 23.3 Å². The number of aromatic nitrogens is 3. The van der Waals surface area contributed by atoms with Gasteiger partial charge in [-0.1, -0.05) is 24.3 Å². The highest BCUT2D eigenvalue weighted by molar-refractivity contribution is 6.05. The SMILES string of the molecule is COc1nccnc1OC1CCCN(C(=O)c2nccc3ccccc23)C1. The minimum absolute atomic E-state index is 0.0776. The first-order chi connectivity index (χ1) is 13.3. The van der Waals surface area contributed by atoms with Crippen molar-refractivity contribution in [2.75, 3.05) is 20.2 Å². The Bertz CT molecular complexity index is 957. The van der Waals surface area contributed by atoms with Crippen LogP contribution in [0.3, 0.4) is 0 Å². The van der Waals surface area contributed by atoms with Gasteiger partial charge in [-0.3, -0.25) is 9.78 Å². The zero-order valence-corrected chi connectivity index (χ0v) is 15.0. The van der Waals surface area contributed by atoms with Gasteiger partial charge in [-0.2, -0.15) is 0 Å². The summed E-state index contributed by atoms with van der Waals surface area (Å²) in [5.41, 5.74) is 0.478. The second-order valence-corrected chi connectivity index (χ2v) is 6.38. The average molecular weight is 364 g/mol. The van der Waals surface area contributed by atoms with Gasteiger partial charge in [-0.15, -0.1) is 0 Å². The summed E-state index contributed by atoms with van der Waals surface area (Å²) in [5.74, 6) is 0.616. The van der Waals surface area contributed by atoms with Crippen LogP contribution in [0.25, 0.3) is 10.8 Å². The van der Waals surface area contributed by atoms with E-state index in [2.05, 4.69) is 15.0 Å². The summed E-state index contributed by atoms with van der Waals surface area (Å²) in [6.45, 7) is 1.16. The Morgan fingerprint density at radius 2 is 1.89 bits per heavy atom. The lowest BCUT2D eigenvalue weighted by Gasteiger charge is -2.32. The van der Waals surface area contributed by atoms with Crippen LogP contribution < -0.4 is 9.47 Å². The van der Waals surface area contributed by atoms with Crippen molar-refractivity contribution in [3.05, 3.63) is 54.6 Å². The molecule has 0 aliphatic carbocycles. The average Bonchev–Trinajstić information content (AvgIpc) is 2.73. The van der Waals surface area contributed by atoms with Crippen molar-refractivity contribution in [1.29, 1.82) is 0 Å². The Kier molecular flexibility index (Phi) is 4.82. The lowest BCUT2D eigenvalue weighted by molar-refractivity contribution is 0.0516. The highest BCUT2D eigenvalue weighted by atomic mass is 16.5. The Morgan fingerprint density at radius 1 is 1.07 bits per heavy atom. The van der Waals surface area contributed by atoms with E-state index in [0.717, 1.165) is 23.6 Å². The fraction of sp³-hybridized carbons (Fsp3) is 0.300. The maximum atomic E-state index is 13.1. The maximum absolute atomic E-state index is 13.1. The predicted molar refractivity (Wildman–Crippen MR) is 99.9 cm³/mol. The number of nitrogens with zero attached hydrogens (tertiary/aromatic N) is 4. The van der Waals surface area contributed by atoms with Crippen LogP contribution in [0, 0.1) is 0 Å². The lowest BCUT2D eigenvalue weighted by Crippen LogP contribution is -2.44. The molecule has 7 heteroatoms. The van der Waals surface area contributed by atoms with Gasteiger partial charge >= 0.3 is 0 Å². The smallest absolute Gasteiger partial charge is 0.278 e. The molecular formula is C20H20N4O3. The Morgan fingerprint density at radius 3 is 2.74 bits per heavy atom. The minimum atomic E-state index is -0.164. The molecule has 0 bridgehead atoms. The number of piperidine rings is 1. The number of hydrogen-bond acceptors (Lipinski definition) is 6. The molecule has 7 nitrogen and oxygen atoms in total. The number of ether oxygens (including phenoxy) is 2. The highest BCUT2D eigenvalue weighted by Crippen LogP contribution is 2.25. The van der Waals surface area contributed by atoms with Crippen molar-refractivity contribution in [1.82, 2.24) is 19.9 Å². The van der Waals surface area contributed by atoms with Crippen molar-refractivity contribution in [2.24, 2.45) is 0 Å². The first kappa shape index (κ1) is 17.2. The quantitative estimate of drug-likeness (QED) is 0.708. The molecule has 0 saturated carbocycles. The number of pyridine rings is 1. The van der Waals surface area contributed by atoms with Crippen LogP contribution in [0.2, 0.25) is 0 Å². The Balaban J connectivity index is 1.53. The molecule has 4 rings (SSSR count). The molecule has 0 N–H and O–H groups in total. The van der Waals surface area contributed by atoms with Gasteiger partial charge in [0.2, 0.25) is 0 Å². The van der Waals surface area contributed by atoms with Crippen molar-refractivity contribution in [3.63, 3.8) is 0 Å². The number of carbonyl (C=O) groups excluding carboxylic acids is 1. The van der Waals surface area contributed by atoms with Crippen LogP contribution in [0.15, 0.2) is 48.9 Å². The zero-order chi connectivity index (χ0) is 18.6. The van der Waals surface area contributed by atoms with Crippen molar-refractivity contribution < 1.29 is 14.3 Å². The van der Waals surface area contributed by atoms with E-state index < -0.39 is 0 Å². The van der Waals surface area contributed by atoms with Gasteiger partial charge < -0.3 is 14.4 Å². The van der Waals surface area contributed by atoms with Gasteiger partial charge in [0.1, 0.15) is 11.8 Å². The molecular weight excluding hydrogens is 344 g/mol. The van der Waals surface area contributed by atoms with E-state index in [1.807, 2.05) is 30.3 Å². The van der Waals surface area contributed by atoms with Gasteiger partial charge in [-0.05, 0) is 24.3 Å². The number of carbonyl (C=O) groups is 1. The monoisotopic (exact) mass is 364 g/mol. The van der Waals surface area contributed by atoms with Crippen LogP contribution in [-0.2, 0) is 0 Å². The molecule has 1 amide bonds. The zero-order valence-electron chi connectivity index (χ0n) is 15.0. The highest BCUT2D eigenvalue weighted by Gasteiger charge is 2.28. The number of rotatable bonds is 4. The molecule has 1 fully saturated rings. The molecule has 1 aliphatic heterocycles. The van der Waals surface area contributed by atoms with E-state index >= 15 is 0 Å². The van der Waals surface area contributed by atoms with E-state index in [4.69, 9.17) is 9.47 Å². The predicted octanol–water partition coefficient (Wildman–Crippen LogP) is 2.72. The topological polar surface area (TPSA) is 77.4 Å². The molecule has 2 aromatic heterocycles. The summed E-state index contributed by atoms with van der Waals surface area (Å²) >= 11 is 0. The van der Waals surface area contributed by atoms with Gasteiger partial charge in [0.15, 0.2) is 0 Å². The van der Waals surface area contributed by atoms with Crippen LogP contribution in [-0.4, -0.2) is 52.1 Å². The van der Waals surface area contributed by atoms with Crippen LogP contribution in [0.4, 0.5) is 0 Å². The molecule has 1 aromatic carbocycles. The number of fused-ring (bicyclic) bond motifs is 1. The second-order valence-electron chi connectivity index (χ2n) is 6.38. The van der Waals surface area contributed by atoms with E-state index in [9.17, 15) is 4.79 Å². The summed E-state index contributed by atoms with van der Waals surface area (Å²) < 4.78 is 11.2. The van der Waals surface area contributed by atoms with E-state index in [0.29, 0.717) is 30.5 Å². The molecule has 0 spiro atoms. The third kappa shape index (κ3) is 3.53. The summed E-state index contributed by atoms with van der Waals surface area (Å²) in [5, 5.41) is 1.87. The molecule has 0 radical (unpaired) electrons. The van der Waals surface area contributed by atoms with Gasteiger partial charge in [0.25, 0.3) is 17.7 Å². The van der Waals surface area contributed by atoms with Gasteiger partial charge in [0, 0.05) is 30.5 Å². The van der Waals surface area contributed by atoms with Crippen molar-refractivity contribution >= 4 is 16.7 Å². The molecule has 138 valence electrons. The Labute approximate surface area is 157 Å². The van der Waals surface area contributed by atoms with Crippen LogP contribution in [0.5, 0.6) is 11.8 Å². The summed E-state index contributed by atoms with van der Waals surface area (Å²) in [4.78, 5) is 27.5. The normalized spacial score (nSPS) is 16.9. The number of benzene rings is 1. The Hall–Kier alpha value is -3.22. The van der Waals surface area contributed by atoms with E-state index in [1.54, 1.807) is 23.5 Å². The molecule has 27 heavy (non-hydrogen) atoms.